The van der Waals surface area contributed by atoms with Gasteiger partial charge >= 0.3 is 0 Å². The number of sulfonamides is 1. The van der Waals surface area contributed by atoms with Crippen molar-refractivity contribution in [2.24, 2.45) is 11.8 Å². The minimum Gasteiger partial charge on any atom is -0.303 e. The second kappa shape index (κ2) is 8.19. The topological polar surface area (TPSA) is 40.6 Å². The molecule has 140 valence electrons. The molecule has 0 radical (unpaired) electrons. The van der Waals surface area contributed by atoms with Gasteiger partial charge in [-0.3, -0.25) is 0 Å². The quantitative estimate of drug-likeness (QED) is 0.804. The predicted octanol–water partition coefficient (Wildman–Crippen LogP) is 3.38. The Kier molecular flexibility index (Phi) is 6.18. The van der Waals surface area contributed by atoms with E-state index < -0.39 is 10.0 Å². The predicted molar refractivity (Wildman–Crippen MR) is 102 cm³/mol. The number of hydrogen-bond donors (Lipinski definition) is 0. The van der Waals surface area contributed by atoms with Gasteiger partial charge in [-0.2, -0.15) is 4.31 Å². The van der Waals surface area contributed by atoms with Crippen molar-refractivity contribution >= 4 is 10.0 Å². The zero-order valence-electron chi connectivity index (χ0n) is 15.7. The number of aryl methyl sites for hydroxylation is 1. The normalized spacial score (nSPS) is 24.5. The molecule has 1 aromatic carbocycles. The second-order valence-electron chi connectivity index (χ2n) is 7.85. The van der Waals surface area contributed by atoms with Crippen LogP contribution < -0.4 is 0 Å². The van der Waals surface area contributed by atoms with E-state index >= 15 is 0 Å². The summed E-state index contributed by atoms with van der Waals surface area (Å²) in [5, 5.41) is 0. The highest BCUT2D eigenvalue weighted by atomic mass is 32.2. The van der Waals surface area contributed by atoms with Gasteiger partial charge in [0.15, 0.2) is 0 Å². The lowest BCUT2D eigenvalue weighted by molar-refractivity contribution is 0.136. The summed E-state index contributed by atoms with van der Waals surface area (Å²) in [6, 6.07) is 7.37. The van der Waals surface area contributed by atoms with Crippen molar-refractivity contribution in [3.8, 4) is 0 Å². The standard InChI is InChI=1S/C20H32N2O2S/c1-3-18-6-8-20(9-7-18)25(23,24)22-13-10-19(11-14-22)16-21-12-4-5-17(2)15-21/h6-9,17,19H,3-5,10-16H2,1-2H3. The number of likely N-dealkylation sites (tertiary alicyclic amines) is 1. The Bertz CT molecular complexity index is 649. The molecule has 5 heteroatoms. The van der Waals surface area contributed by atoms with Crippen LogP contribution in [0.1, 0.15) is 45.1 Å². The van der Waals surface area contributed by atoms with E-state index in [0.29, 0.717) is 23.9 Å². The first kappa shape index (κ1) is 18.9. The number of hydrogen-bond acceptors (Lipinski definition) is 3. The molecule has 0 bridgehead atoms. The summed E-state index contributed by atoms with van der Waals surface area (Å²) in [6.07, 6.45) is 5.56. The van der Waals surface area contributed by atoms with E-state index in [1.165, 1.54) is 31.5 Å². The molecule has 25 heavy (non-hydrogen) atoms. The molecule has 1 aromatic rings. The average molecular weight is 365 g/mol. The fourth-order valence-corrected chi connectivity index (χ4v) is 5.67. The van der Waals surface area contributed by atoms with Gasteiger partial charge < -0.3 is 4.90 Å². The van der Waals surface area contributed by atoms with Crippen molar-refractivity contribution in [2.75, 3.05) is 32.7 Å². The van der Waals surface area contributed by atoms with Gasteiger partial charge in [0, 0.05) is 26.2 Å². The Hall–Kier alpha value is -0.910. The van der Waals surface area contributed by atoms with Crippen LogP contribution in [0.3, 0.4) is 0 Å². The van der Waals surface area contributed by atoms with Crippen molar-refractivity contribution in [2.45, 2.75) is 50.8 Å². The summed E-state index contributed by atoms with van der Waals surface area (Å²) in [5.41, 5.74) is 1.17. The van der Waals surface area contributed by atoms with Crippen LogP contribution in [0, 0.1) is 11.8 Å². The maximum Gasteiger partial charge on any atom is 0.243 e. The van der Waals surface area contributed by atoms with Crippen LogP contribution in [0.25, 0.3) is 0 Å². The Balaban J connectivity index is 1.55. The van der Waals surface area contributed by atoms with Crippen molar-refractivity contribution in [1.29, 1.82) is 0 Å². The minimum atomic E-state index is -3.33. The van der Waals surface area contributed by atoms with Crippen LogP contribution in [-0.4, -0.2) is 50.3 Å². The monoisotopic (exact) mass is 364 g/mol. The molecular formula is C20H32N2O2S. The molecule has 0 aromatic heterocycles. The fourth-order valence-electron chi connectivity index (χ4n) is 4.20. The summed E-state index contributed by atoms with van der Waals surface area (Å²) in [4.78, 5) is 3.03. The summed E-state index contributed by atoms with van der Waals surface area (Å²) >= 11 is 0. The van der Waals surface area contributed by atoms with Gasteiger partial charge in [-0.05, 0) is 68.2 Å². The molecule has 2 heterocycles. The van der Waals surface area contributed by atoms with Crippen molar-refractivity contribution < 1.29 is 8.42 Å². The molecule has 1 atom stereocenters. The Morgan fingerprint density at radius 2 is 1.72 bits per heavy atom. The van der Waals surface area contributed by atoms with Gasteiger partial charge in [-0.1, -0.05) is 26.0 Å². The SMILES string of the molecule is CCc1ccc(S(=O)(=O)N2CCC(CN3CCCC(C)C3)CC2)cc1. The second-order valence-corrected chi connectivity index (χ2v) is 9.79. The number of piperidine rings is 2. The molecule has 2 aliphatic heterocycles. The van der Waals surface area contributed by atoms with Gasteiger partial charge in [0.2, 0.25) is 10.0 Å². The van der Waals surface area contributed by atoms with Gasteiger partial charge in [-0.25, -0.2) is 8.42 Å². The largest absolute Gasteiger partial charge is 0.303 e. The van der Waals surface area contributed by atoms with Gasteiger partial charge in [0.25, 0.3) is 0 Å². The molecule has 0 amide bonds. The molecule has 3 rings (SSSR count). The maximum atomic E-state index is 12.8. The molecule has 0 N–H and O–H groups in total. The van der Waals surface area contributed by atoms with E-state index in [1.54, 1.807) is 16.4 Å². The van der Waals surface area contributed by atoms with Gasteiger partial charge in [-0.15, -0.1) is 0 Å². The van der Waals surface area contributed by atoms with Crippen LogP contribution >= 0.6 is 0 Å². The van der Waals surface area contributed by atoms with Crippen molar-refractivity contribution in [3.63, 3.8) is 0 Å². The summed E-state index contributed by atoms with van der Waals surface area (Å²) in [7, 11) is -3.33. The molecule has 2 fully saturated rings. The highest BCUT2D eigenvalue weighted by Gasteiger charge is 2.30. The molecule has 0 spiro atoms. The molecule has 0 saturated carbocycles. The molecule has 4 nitrogen and oxygen atoms in total. The minimum absolute atomic E-state index is 0.438. The zero-order chi connectivity index (χ0) is 17.9. The lowest BCUT2D eigenvalue weighted by Gasteiger charge is -2.37. The third-order valence-corrected chi connectivity index (χ3v) is 7.71. The maximum absolute atomic E-state index is 12.8. The highest BCUT2D eigenvalue weighted by molar-refractivity contribution is 7.89. The molecule has 0 aliphatic carbocycles. The van der Waals surface area contributed by atoms with Crippen LogP contribution in [-0.2, 0) is 16.4 Å². The lowest BCUT2D eigenvalue weighted by atomic mass is 9.94. The Labute approximate surface area is 153 Å². The first-order chi connectivity index (χ1) is 12.0. The fraction of sp³-hybridized carbons (Fsp3) is 0.700. The first-order valence-electron chi connectivity index (χ1n) is 9.80. The third-order valence-electron chi connectivity index (χ3n) is 5.80. The molecular weight excluding hydrogens is 332 g/mol. The summed E-state index contributed by atoms with van der Waals surface area (Å²) < 4.78 is 27.4. The molecule has 1 unspecified atom stereocenters. The van der Waals surface area contributed by atoms with E-state index in [1.807, 2.05) is 12.1 Å². The van der Waals surface area contributed by atoms with Crippen molar-refractivity contribution in [3.05, 3.63) is 29.8 Å². The smallest absolute Gasteiger partial charge is 0.243 e. The summed E-state index contributed by atoms with van der Waals surface area (Å²) in [6.45, 7) is 9.30. The van der Waals surface area contributed by atoms with E-state index in [2.05, 4.69) is 18.7 Å². The van der Waals surface area contributed by atoms with Gasteiger partial charge in [0.1, 0.15) is 0 Å². The van der Waals surface area contributed by atoms with E-state index in [4.69, 9.17) is 0 Å². The van der Waals surface area contributed by atoms with Crippen LogP contribution in [0.5, 0.6) is 0 Å². The summed E-state index contributed by atoms with van der Waals surface area (Å²) in [5.74, 6) is 1.44. The van der Waals surface area contributed by atoms with Crippen LogP contribution in [0.15, 0.2) is 29.2 Å². The number of benzene rings is 1. The Morgan fingerprint density at radius 3 is 2.32 bits per heavy atom. The van der Waals surface area contributed by atoms with Crippen LogP contribution in [0.4, 0.5) is 0 Å². The molecule has 2 saturated heterocycles. The van der Waals surface area contributed by atoms with Crippen molar-refractivity contribution in [1.82, 2.24) is 9.21 Å². The van der Waals surface area contributed by atoms with E-state index in [9.17, 15) is 8.42 Å². The number of nitrogens with zero attached hydrogens (tertiary/aromatic N) is 2. The highest BCUT2D eigenvalue weighted by Crippen LogP contribution is 2.26. The first-order valence-corrected chi connectivity index (χ1v) is 11.2. The van der Waals surface area contributed by atoms with Gasteiger partial charge in [0.05, 0.1) is 4.90 Å². The van der Waals surface area contributed by atoms with E-state index in [-0.39, 0.29) is 0 Å². The van der Waals surface area contributed by atoms with Crippen LogP contribution in [0.2, 0.25) is 0 Å². The zero-order valence-corrected chi connectivity index (χ0v) is 16.5. The average Bonchev–Trinajstić information content (AvgIpc) is 2.62. The number of rotatable bonds is 5. The molecule has 2 aliphatic rings. The Morgan fingerprint density at radius 1 is 1.04 bits per heavy atom. The lowest BCUT2D eigenvalue weighted by Crippen LogP contribution is -2.43. The third kappa shape index (κ3) is 4.63. The van der Waals surface area contributed by atoms with E-state index in [0.717, 1.165) is 31.7 Å².